The molecule has 3 heteroatoms. The Morgan fingerprint density at radius 2 is 2.36 bits per heavy atom. The maximum atomic E-state index is 10.8. The molecule has 1 unspecified atom stereocenters. The standard InChI is InChI=1S/C11H15NO2/c12-7-6-10(11(13)14)8-9-4-2-1-3-5-9/h1-4,8-9H,5-7,12H2,(H,13,14). The smallest absolute Gasteiger partial charge is 0.331 e. The quantitative estimate of drug-likeness (QED) is 0.665. The van der Waals surface area contributed by atoms with Crippen molar-refractivity contribution in [1.29, 1.82) is 0 Å². The molecule has 0 aromatic rings. The Kier molecular flexibility index (Phi) is 4.13. The zero-order valence-corrected chi connectivity index (χ0v) is 8.02. The molecule has 1 atom stereocenters. The Balaban J connectivity index is 2.66. The Hall–Kier alpha value is -1.35. The fraction of sp³-hybridized carbons (Fsp3) is 0.364. The van der Waals surface area contributed by atoms with E-state index in [2.05, 4.69) is 0 Å². The number of nitrogens with two attached hydrogens (primary N) is 1. The average Bonchev–Trinajstić information content (AvgIpc) is 2.18. The van der Waals surface area contributed by atoms with Crippen LogP contribution in [0.2, 0.25) is 0 Å². The van der Waals surface area contributed by atoms with Crippen LogP contribution < -0.4 is 5.73 Å². The first-order chi connectivity index (χ1) is 6.74. The number of aliphatic carboxylic acids is 1. The van der Waals surface area contributed by atoms with Gasteiger partial charge < -0.3 is 10.8 Å². The van der Waals surface area contributed by atoms with E-state index in [0.29, 0.717) is 18.5 Å². The van der Waals surface area contributed by atoms with Crippen molar-refractivity contribution in [3.63, 3.8) is 0 Å². The van der Waals surface area contributed by atoms with Crippen LogP contribution >= 0.6 is 0 Å². The van der Waals surface area contributed by atoms with Crippen molar-refractivity contribution in [2.45, 2.75) is 12.8 Å². The highest BCUT2D eigenvalue weighted by atomic mass is 16.4. The molecule has 0 aromatic heterocycles. The van der Waals surface area contributed by atoms with Crippen molar-refractivity contribution >= 4 is 5.97 Å². The fourth-order valence-corrected chi connectivity index (χ4v) is 1.40. The normalized spacial score (nSPS) is 21.2. The summed E-state index contributed by atoms with van der Waals surface area (Å²) < 4.78 is 0. The Morgan fingerprint density at radius 1 is 1.57 bits per heavy atom. The zero-order valence-electron chi connectivity index (χ0n) is 8.02. The summed E-state index contributed by atoms with van der Waals surface area (Å²) in [4.78, 5) is 10.8. The van der Waals surface area contributed by atoms with E-state index >= 15 is 0 Å². The van der Waals surface area contributed by atoms with E-state index < -0.39 is 5.97 Å². The summed E-state index contributed by atoms with van der Waals surface area (Å²) >= 11 is 0. The topological polar surface area (TPSA) is 63.3 Å². The third kappa shape index (κ3) is 3.18. The van der Waals surface area contributed by atoms with Crippen LogP contribution in [-0.4, -0.2) is 17.6 Å². The summed E-state index contributed by atoms with van der Waals surface area (Å²) in [5.41, 5.74) is 5.75. The molecule has 0 radical (unpaired) electrons. The number of hydrogen-bond acceptors (Lipinski definition) is 2. The SMILES string of the molecule is NCCC(=CC1C=CC=CC1)C(=O)O. The highest BCUT2D eigenvalue weighted by Crippen LogP contribution is 2.16. The van der Waals surface area contributed by atoms with Gasteiger partial charge in [-0.3, -0.25) is 0 Å². The van der Waals surface area contributed by atoms with Crippen molar-refractivity contribution in [2.75, 3.05) is 6.54 Å². The second-order valence-corrected chi connectivity index (χ2v) is 3.25. The van der Waals surface area contributed by atoms with Crippen molar-refractivity contribution in [1.82, 2.24) is 0 Å². The Bertz CT molecular complexity index is 290. The van der Waals surface area contributed by atoms with Gasteiger partial charge in [0.15, 0.2) is 0 Å². The van der Waals surface area contributed by atoms with E-state index in [4.69, 9.17) is 10.8 Å². The number of carboxylic acids is 1. The molecule has 3 N–H and O–H groups in total. The van der Waals surface area contributed by atoms with E-state index in [1.807, 2.05) is 24.3 Å². The minimum Gasteiger partial charge on any atom is -0.478 e. The molecule has 1 aliphatic rings. The van der Waals surface area contributed by atoms with Crippen LogP contribution in [0, 0.1) is 5.92 Å². The first-order valence-corrected chi connectivity index (χ1v) is 4.71. The van der Waals surface area contributed by atoms with Gasteiger partial charge in [-0.25, -0.2) is 4.79 Å². The van der Waals surface area contributed by atoms with Crippen LogP contribution in [-0.2, 0) is 4.79 Å². The third-order valence-electron chi connectivity index (χ3n) is 2.12. The predicted molar refractivity (Wildman–Crippen MR) is 55.8 cm³/mol. The van der Waals surface area contributed by atoms with E-state index in [1.165, 1.54) is 0 Å². The monoisotopic (exact) mass is 193 g/mol. The van der Waals surface area contributed by atoms with Crippen molar-refractivity contribution in [2.24, 2.45) is 11.7 Å². The molecule has 0 heterocycles. The summed E-state index contributed by atoms with van der Waals surface area (Å²) in [6.45, 7) is 0.379. The molecular weight excluding hydrogens is 178 g/mol. The maximum absolute atomic E-state index is 10.8. The minimum atomic E-state index is -0.863. The first-order valence-electron chi connectivity index (χ1n) is 4.71. The number of carboxylic acid groups (broad SMARTS) is 1. The molecule has 3 nitrogen and oxygen atoms in total. The molecule has 14 heavy (non-hydrogen) atoms. The lowest BCUT2D eigenvalue weighted by atomic mass is 9.97. The van der Waals surface area contributed by atoms with E-state index in [-0.39, 0.29) is 5.92 Å². The van der Waals surface area contributed by atoms with Gasteiger partial charge in [-0.2, -0.15) is 0 Å². The highest BCUT2D eigenvalue weighted by Gasteiger charge is 2.09. The number of rotatable bonds is 4. The second kappa shape index (κ2) is 5.40. The molecule has 0 spiro atoms. The van der Waals surface area contributed by atoms with Gasteiger partial charge in [0.2, 0.25) is 0 Å². The molecule has 0 aliphatic heterocycles. The van der Waals surface area contributed by atoms with Gasteiger partial charge in [0, 0.05) is 5.57 Å². The number of carbonyl (C=O) groups is 1. The molecule has 0 aromatic carbocycles. The van der Waals surface area contributed by atoms with Gasteiger partial charge >= 0.3 is 5.97 Å². The molecular formula is C11H15NO2. The van der Waals surface area contributed by atoms with E-state index in [1.54, 1.807) is 6.08 Å². The molecule has 0 bridgehead atoms. The second-order valence-electron chi connectivity index (χ2n) is 3.25. The van der Waals surface area contributed by atoms with E-state index in [0.717, 1.165) is 6.42 Å². The van der Waals surface area contributed by atoms with Gasteiger partial charge in [-0.15, -0.1) is 0 Å². The fourth-order valence-electron chi connectivity index (χ4n) is 1.40. The average molecular weight is 193 g/mol. The largest absolute Gasteiger partial charge is 0.478 e. The Morgan fingerprint density at radius 3 is 2.86 bits per heavy atom. The van der Waals surface area contributed by atoms with Gasteiger partial charge in [-0.1, -0.05) is 30.4 Å². The summed E-state index contributed by atoms with van der Waals surface area (Å²) in [5, 5.41) is 8.87. The minimum absolute atomic E-state index is 0.206. The number of hydrogen-bond donors (Lipinski definition) is 2. The highest BCUT2D eigenvalue weighted by molar-refractivity contribution is 5.86. The molecule has 0 fully saturated rings. The zero-order chi connectivity index (χ0) is 10.4. The predicted octanol–water partition coefficient (Wildman–Crippen LogP) is 1.48. The van der Waals surface area contributed by atoms with Gasteiger partial charge in [0.05, 0.1) is 0 Å². The first kappa shape index (κ1) is 10.7. The van der Waals surface area contributed by atoms with Crippen LogP contribution in [0.3, 0.4) is 0 Å². The molecule has 1 rings (SSSR count). The van der Waals surface area contributed by atoms with E-state index in [9.17, 15) is 4.79 Å². The maximum Gasteiger partial charge on any atom is 0.331 e. The van der Waals surface area contributed by atoms with Crippen LogP contribution in [0.1, 0.15) is 12.8 Å². The molecule has 0 saturated heterocycles. The van der Waals surface area contributed by atoms with Crippen molar-refractivity contribution in [3.05, 3.63) is 36.0 Å². The molecule has 0 saturated carbocycles. The van der Waals surface area contributed by atoms with Crippen molar-refractivity contribution < 1.29 is 9.90 Å². The van der Waals surface area contributed by atoms with Crippen LogP contribution in [0.15, 0.2) is 36.0 Å². The molecule has 76 valence electrons. The number of allylic oxidation sites excluding steroid dienone is 5. The summed E-state index contributed by atoms with van der Waals surface area (Å²) in [7, 11) is 0. The van der Waals surface area contributed by atoms with Crippen LogP contribution in [0.25, 0.3) is 0 Å². The lowest BCUT2D eigenvalue weighted by molar-refractivity contribution is -0.132. The van der Waals surface area contributed by atoms with Crippen LogP contribution in [0.4, 0.5) is 0 Å². The van der Waals surface area contributed by atoms with Crippen LogP contribution in [0.5, 0.6) is 0 Å². The lowest BCUT2D eigenvalue weighted by Crippen LogP contribution is -2.09. The van der Waals surface area contributed by atoms with Crippen molar-refractivity contribution in [3.8, 4) is 0 Å². The molecule has 1 aliphatic carbocycles. The Labute approximate surface area is 83.6 Å². The summed E-state index contributed by atoms with van der Waals surface area (Å²) in [5.74, 6) is -0.656. The van der Waals surface area contributed by atoms with Gasteiger partial charge in [0.1, 0.15) is 0 Å². The van der Waals surface area contributed by atoms with Gasteiger partial charge in [-0.05, 0) is 25.3 Å². The van der Waals surface area contributed by atoms with Gasteiger partial charge in [0.25, 0.3) is 0 Å². The summed E-state index contributed by atoms with van der Waals surface area (Å²) in [6, 6.07) is 0. The summed E-state index contributed by atoms with van der Waals surface area (Å²) in [6.07, 6.45) is 11.0. The molecule has 0 amide bonds. The third-order valence-corrected chi connectivity index (χ3v) is 2.12. The lowest BCUT2D eigenvalue weighted by Gasteiger charge is -2.09.